The number of aryl methyl sites for hydroxylation is 2. The Morgan fingerprint density at radius 1 is 0.767 bits per heavy atom. The number of aromatic amines is 2. The molecule has 30 heavy (non-hydrogen) atoms. The van der Waals surface area contributed by atoms with Crippen molar-refractivity contribution in [2.24, 2.45) is 0 Å². The van der Waals surface area contributed by atoms with E-state index < -0.39 is 10.1 Å². The molecule has 0 spiro atoms. The van der Waals surface area contributed by atoms with Crippen molar-refractivity contribution < 1.29 is 13.0 Å². The van der Waals surface area contributed by atoms with E-state index in [1.54, 1.807) is 32.0 Å². The summed E-state index contributed by atoms with van der Waals surface area (Å²) < 4.78 is 32.4. The number of nitrogens with one attached hydrogen (secondary N) is 2. The molecule has 5 aromatic rings. The minimum atomic E-state index is -4.45. The third-order valence-corrected chi connectivity index (χ3v) is 6.53. The largest absolute Gasteiger partial charge is 0.354 e. The topological polar surface area (TPSA) is 120 Å². The average Bonchev–Trinajstić information content (AvgIpc) is 2.71. The highest BCUT2D eigenvalue weighted by Gasteiger charge is 2.19. The number of hydrogen-bond donors (Lipinski definition) is 3. The van der Waals surface area contributed by atoms with E-state index in [4.69, 9.17) is 0 Å². The number of fused-ring (bicyclic) bond motifs is 4. The van der Waals surface area contributed by atoms with Crippen LogP contribution in [0.4, 0.5) is 0 Å². The molecule has 0 radical (unpaired) electrons. The molecular weight excluding hydrogens is 404 g/mol. The van der Waals surface area contributed by atoms with Gasteiger partial charge in [0.1, 0.15) is 0 Å². The number of benzene rings is 3. The highest BCUT2D eigenvalue weighted by Crippen LogP contribution is 2.29. The fourth-order valence-corrected chi connectivity index (χ4v) is 4.70. The number of H-pyrrole nitrogens is 2. The summed E-state index contributed by atoms with van der Waals surface area (Å²) in [5.41, 5.74) is 2.91. The molecule has 0 saturated heterocycles. The van der Waals surface area contributed by atoms with Crippen molar-refractivity contribution in [3.8, 4) is 0 Å². The van der Waals surface area contributed by atoms with E-state index in [9.17, 15) is 22.6 Å². The quantitative estimate of drug-likeness (QED) is 0.283. The van der Waals surface area contributed by atoms with E-state index in [1.165, 1.54) is 12.1 Å². The summed E-state index contributed by atoms with van der Waals surface area (Å²) >= 11 is 0. The second-order valence-electron chi connectivity index (χ2n) is 7.39. The van der Waals surface area contributed by atoms with Crippen molar-refractivity contribution in [2.45, 2.75) is 18.7 Å². The van der Waals surface area contributed by atoms with Crippen molar-refractivity contribution >= 4 is 53.7 Å². The van der Waals surface area contributed by atoms with Gasteiger partial charge in [-0.15, -0.1) is 0 Å². The molecule has 0 unspecified atom stereocenters. The van der Waals surface area contributed by atoms with Gasteiger partial charge in [-0.1, -0.05) is 12.1 Å². The molecule has 3 aromatic carbocycles. The Kier molecular flexibility index (Phi) is 3.71. The van der Waals surface area contributed by atoms with Crippen molar-refractivity contribution in [3.63, 3.8) is 0 Å². The van der Waals surface area contributed by atoms with Gasteiger partial charge in [-0.3, -0.25) is 14.1 Å². The Morgan fingerprint density at radius 2 is 1.30 bits per heavy atom. The summed E-state index contributed by atoms with van der Waals surface area (Å²) in [5.74, 6) is 0. The molecule has 0 bridgehead atoms. The molecule has 0 aliphatic heterocycles. The first-order valence-electron chi connectivity index (χ1n) is 9.19. The maximum atomic E-state index is 13.3. The summed E-state index contributed by atoms with van der Waals surface area (Å²) in [5, 5.41) is 1.57. The molecule has 3 N–H and O–H groups in total. The van der Waals surface area contributed by atoms with Gasteiger partial charge in [0.15, 0.2) is 10.9 Å². The van der Waals surface area contributed by atoms with Gasteiger partial charge in [0.25, 0.3) is 10.1 Å². The Hall–Kier alpha value is -3.49. The normalized spacial score (nSPS) is 12.4. The lowest BCUT2D eigenvalue weighted by atomic mass is 9.96. The molecule has 0 amide bonds. The first-order valence-corrected chi connectivity index (χ1v) is 10.6. The summed E-state index contributed by atoms with van der Waals surface area (Å²) in [6.45, 7) is 3.53. The van der Waals surface area contributed by atoms with Crippen LogP contribution in [0.25, 0.3) is 43.6 Å². The Bertz CT molecular complexity index is 1780. The van der Waals surface area contributed by atoms with Crippen LogP contribution in [0.5, 0.6) is 0 Å². The lowest BCUT2D eigenvalue weighted by Gasteiger charge is -2.14. The zero-order valence-corrected chi connectivity index (χ0v) is 16.8. The van der Waals surface area contributed by atoms with Gasteiger partial charge in [0.2, 0.25) is 0 Å². The van der Waals surface area contributed by atoms with Gasteiger partial charge in [0.05, 0.1) is 26.7 Å². The van der Waals surface area contributed by atoms with Gasteiger partial charge in [-0.05, 0) is 55.3 Å². The van der Waals surface area contributed by atoms with Crippen LogP contribution in [0.2, 0.25) is 0 Å². The molecule has 0 atom stereocenters. The molecule has 150 valence electrons. The standard InChI is InChI=1S/C22H16N2O5S/c1-10-17-19(23-15-6-4-3-5-13(15)21(17)25)11(2)18-20(10)24-16-8-7-12(30(27,28)29)9-14(16)22(18)26/h3-9H,1-2H3,(H,23,25)(H,24,26)(H,27,28,29). The second kappa shape index (κ2) is 6.01. The zero-order valence-electron chi connectivity index (χ0n) is 16.0. The van der Waals surface area contributed by atoms with Crippen molar-refractivity contribution in [2.75, 3.05) is 0 Å². The smallest absolute Gasteiger partial charge is 0.294 e. The molecule has 0 saturated carbocycles. The second-order valence-corrected chi connectivity index (χ2v) is 8.81. The third kappa shape index (κ3) is 2.44. The summed E-state index contributed by atoms with van der Waals surface area (Å²) in [6, 6.07) is 11.0. The Labute approximate surface area is 169 Å². The van der Waals surface area contributed by atoms with Crippen LogP contribution < -0.4 is 10.9 Å². The number of rotatable bonds is 1. The van der Waals surface area contributed by atoms with E-state index in [-0.39, 0.29) is 21.1 Å². The molecule has 0 aliphatic carbocycles. The SMILES string of the molecule is Cc1c2[nH]c3ccc(S(=O)(=O)O)cc3c(=O)c2c(C)c2[nH]c3ccccc3c(=O)c12. The van der Waals surface area contributed by atoms with Crippen LogP contribution in [-0.2, 0) is 10.1 Å². The summed E-state index contributed by atoms with van der Waals surface area (Å²) in [6.07, 6.45) is 0. The van der Waals surface area contributed by atoms with Crippen LogP contribution in [0.1, 0.15) is 11.1 Å². The molecule has 0 fully saturated rings. The molecule has 8 heteroatoms. The molecule has 2 heterocycles. The van der Waals surface area contributed by atoms with Crippen LogP contribution in [0, 0.1) is 13.8 Å². The van der Waals surface area contributed by atoms with E-state index in [1.807, 2.05) is 6.07 Å². The van der Waals surface area contributed by atoms with Gasteiger partial charge in [-0.25, -0.2) is 0 Å². The van der Waals surface area contributed by atoms with Crippen LogP contribution in [-0.4, -0.2) is 22.9 Å². The average molecular weight is 420 g/mol. The van der Waals surface area contributed by atoms with Gasteiger partial charge < -0.3 is 9.97 Å². The van der Waals surface area contributed by atoms with Crippen LogP contribution in [0.15, 0.2) is 56.9 Å². The summed E-state index contributed by atoms with van der Waals surface area (Å²) in [4.78, 5) is 32.6. The minimum absolute atomic E-state index is 0.121. The Morgan fingerprint density at radius 3 is 1.90 bits per heavy atom. The van der Waals surface area contributed by atoms with Crippen molar-refractivity contribution in [1.82, 2.24) is 9.97 Å². The fraction of sp³-hybridized carbons (Fsp3) is 0.0909. The minimum Gasteiger partial charge on any atom is -0.354 e. The summed E-state index contributed by atoms with van der Waals surface area (Å²) in [7, 11) is -4.45. The molecule has 2 aromatic heterocycles. The lowest BCUT2D eigenvalue weighted by Crippen LogP contribution is -2.13. The predicted octanol–water partition coefficient (Wildman–Crippen LogP) is 3.54. The Balaban J connectivity index is 2.06. The molecular formula is C22H16N2O5S. The zero-order chi connectivity index (χ0) is 21.4. The van der Waals surface area contributed by atoms with Crippen molar-refractivity contribution in [3.05, 3.63) is 74.0 Å². The van der Waals surface area contributed by atoms with Crippen LogP contribution in [0.3, 0.4) is 0 Å². The monoisotopic (exact) mass is 420 g/mol. The fourth-order valence-electron chi connectivity index (χ4n) is 4.19. The van der Waals surface area contributed by atoms with E-state index in [0.717, 1.165) is 6.07 Å². The van der Waals surface area contributed by atoms with Gasteiger partial charge >= 0.3 is 0 Å². The number of aromatic nitrogens is 2. The highest BCUT2D eigenvalue weighted by molar-refractivity contribution is 7.85. The maximum Gasteiger partial charge on any atom is 0.294 e. The lowest BCUT2D eigenvalue weighted by molar-refractivity contribution is 0.483. The molecule has 0 aliphatic rings. The van der Waals surface area contributed by atoms with E-state index in [2.05, 4.69) is 9.97 Å². The van der Waals surface area contributed by atoms with Crippen LogP contribution >= 0.6 is 0 Å². The van der Waals surface area contributed by atoms with Gasteiger partial charge in [0, 0.05) is 21.8 Å². The van der Waals surface area contributed by atoms with E-state index >= 15 is 0 Å². The first kappa shape index (κ1) is 18.5. The van der Waals surface area contributed by atoms with E-state index in [0.29, 0.717) is 49.4 Å². The first-order chi connectivity index (χ1) is 14.2. The maximum absolute atomic E-state index is 13.3. The van der Waals surface area contributed by atoms with Crippen molar-refractivity contribution in [1.29, 1.82) is 0 Å². The predicted molar refractivity (Wildman–Crippen MR) is 117 cm³/mol. The number of para-hydroxylation sites is 1. The molecule has 5 rings (SSSR count). The molecule has 7 nitrogen and oxygen atoms in total. The number of hydrogen-bond acceptors (Lipinski definition) is 4. The highest BCUT2D eigenvalue weighted by atomic mass is 32.2. The third-order valence-electron chi connectivity index (χ3n) is 5.68. The number of pyridine rings is 2. The van der Waals surface area contributed by atoms with Gasteiger partial charge in [-0.2, -0.15) is 8.42 Å².